The van der Waals surface area contributed by atoms with Crippen molar-refractivity contribution in [3.05, 3.63) is 37.5 Å². The van der Waals surface area contributed by atoms with Gasteiger partial charge in [0.15, 0.2) is 0 Å². The predicted octanol–water partition coefficient (Wildman–Crippen LogP) is 2.30. The highest BCUT2D eigenvalue weighted by Crippen LogP contribution is 2.10. The molecule has 0 bridgehead atoms. The molecule has 0 aromatic heterocycles. The highest BCUT2D eigenvalue weighted by atomic mass is 16.3. The first-order chi connectivity index (χ1) is 5.22. The lowest BCUT2D eigenvalue weighted by atomic mass is 10.00. The zero-order chi connectivity index (χ0) is 8.69. The fourth-order valence-electron chi connectivity index (χ4n) is 0.822. The first-order valence-corrected chi connectivity index (χ1v) is 3.80. The summed E-state index contributed by atoms with van der Waals surface area (Å²) in [7, 11) is 0. The number of aliphatic hydroxyl groups is 1. The molecule has 0 fully saturated rings. The van der Waals surface area contributed by atoms with Crippen LogP contribution in [0.1, 0.15) is 13.3 Å². The second-order valence-electron chi connectivity index (χ2n) is 2.54. The molecule has 0 aromatic carbocycles. The largest absolute Gasteiger partial charge is 0.393 e. The first kappa shape index (κ1) is 10.2. The van der Waals surface area contributed by atoms with Gasteiger partial charge in [0.2, 0.25) is 0 Å². The van der Waals surface area contributed by atoms with E-state index in [1.54, 1.807) is 19.1 Å². The minimum Gasteiger partial charge on any atom is -0.393 e. The standard InChI is InChI=1S/C10H16O/c1-4-6-7-8-10(5-2)9(3)11/h4-7,9-11H,1-2,8H2,3H3. The van der Waals surface area contributed by atoms with Crippen LogP contribution < -0.4 is 0 Å². The van der Waals surface area contributed by atoms with Gasteiger partial charge < -0.3 is 5.11 Å². The Hall–Kier alpha value is -0.820. The van der Waals surface area contributed by atoms with Crippen molar-refractivity contribution in [2.75, 3.05) is 0 Å². The van der Waals surface area contributed by atoms with Crippen LogP contribution in [0.3, 0.4) is 0 Å². The average Bonchev–Trinajstić information content (AvgIpc) is 1.97. The SMILES string of the molecule is C=CC=CCC(C=C)C(C)O. The van der Waals surface area contributed by atoms with Crippen LogP contribution in [-0.2, 0) is 0 Å². The summed E-state index contributed by atoms with van der Waals surface area (Å²) < 4.78 is 0. The maximum atomic E-state index is 9.18. The van der Waals surface area contributed by atoms with Crippen LogP contribution in [0.5, 0.6) is 0 Å². The molecule has 0 rings (SSSR count). The molecule has 0 amide bonds. The average molecular weight is 152 g/mol. The minimum atomic E-state index is -0.318. The first-order valence-electron chi connectivity index (χ1n) is 3.80. The molecule has 0 aliphatic carbocycles. The Balaban J connectivity index is 3.78. The molecule has 2 unspecified atom stereocenters. The topological polar surface area (TPSA) is 20.2 Å². The van der Waals surface area contributed by atoms with E-state index >= 15 is 0 Å². The molecule has 11 heavy (non-hydrogen) atoms. The minimum absolute atomic E-state index is 0.159. The van der Waals surface area contributed by atoms with Crippen LogP contribution in [0.4, 0.5) is 0 Å². The molecule has 0 heterocycles. The molecule has 0 radical (unpaired) electrons. The lowest BCUT2D eigenvalue weighted by Gasteiger charge is -2.12. The zero-order valence-electron chi connectivity index (χ0n) is 7.03. The van der Waals surface area contributed by atoms with E-state index in [-0.39, 0.29) is 12.0 Å². The number of allylic oxidation sites excluding steroid dienone is 3. The highest BCUT2D eigenvalue weighted by molar-refractivity contribution is 5.00. The molecule has 0 aliphatic rings. The third-order valence-corrected chi connectivity index (χ3v) is 1.60. The number of aliphatic hydroxyl groups excluding tert-OH is 1. The van der Waals surface area contributed by atoms with E-state index in [0.717, 1.165) is 6.42 Å². The molecule has 1 nitrogen and oxygen atoms in total. The molecule has 0 aliphatic heterocycles. The molecule has 2 atom stereocenters. The predicted molar refractivity (Wildman–Crippen MR) is 49.3 cm³/mol. The third-order valence-electron chi connectivity index (χ3n) is 1.60. The van der Waals surface area contributed by atoms with Gasteiger partial charge in [0.05, 0.1) is 6.10 Å². The lowest BCUT2D eigenvalue weighted by molar-refractivity contribution is 0.150. The molecular weight excluding hydrogens is 136 g/mol. The van der Waals surface area contributed by atoms with Crippen molar-refractivity contribution in [2.24, 2.45) is 5.92 Å². The summed E-state index contributed by atoms with van der Waals surface area (Å²) in [5.41, 5.74) is 0. The third kappa shape index (κ3) is 4.57. The van der Waals surface area contributed by atoms with E-state index in [2.05, 4.69) is 13.2 Å². The van der Waals surface area contributed by atoms with Crippen molar-refractivity contribution in [1.82, 2.24) is 0 Å². The van der Waals surface area contributed by atoms with Gasteiger partial charge in [-0.15, -0.1) is 6.58 Å². The van der Waals surface area contributed by atoms with E-state index in [1.165, 1.54) is 0 Å². The Morgan fingerprint density at radius 3 is 2.45 bits per heavy atom. The quantitative estimate of drug-likeness (QED) is 0.473. The van der Waals surface area contributed by atoms with Gasteiger partial charge in [0.1, 0.15) is 0 Å². The highest BCUT2D eigenvalue weighted by Gasteiger charge is 2.07. The van der Waals surface area contributed by atoms with E-state index in [1.807, 2.05) is 12.2 Å². The van der Waals surface area contributed by atoms with Crippen molar-refractivity contribution in [1.29, 1.82) is 0 Å². The summed E-state index contributed by atoms with van der Waals surface area (Å²) in [6.45, 7) is 8.97. The van der Waals surface area contributed by atoms with Crippen LogP contribution in [-0.4, -0.2) is 11.2 Å². The van der Waals surface area contributed by atoms with Gasteiger partial charge in [-0.3, -0.25) is 0 Å². The van der Waals surface area contributed by atoms with Crippen LogP contribution in [0.15, 0.2) is 37.5 Å². The molecule has 1 heteroatoms. The van der Waals surface area contributed by atoms with Crippen LogP contribution in [0.2, 0.25) is 0 Å². The summed E-state index contributed by atoms with van der Waals surface area (Å²) in [4.78, 5) is 0. The van der Waals surface area contributed by atoms with E-state index in [0.29, 0.717) is 0 Å². The molecule has 0 saturated carbocycles. The zero-order valence-corrected chi connectivity index (χ0v) is 7.03. The number of hydrogen-bond acceptors (Lipinski definition) is 1. The van der Waals surface area contributed by atoms with Crippen LogP contribution in [0.25, 0.3) is 0 Å². The Bertz CT molecular complexity index is 145. The monoisotopic (exact) mass is 152 g/mol. The summed E-state index contributed by atoms with van der Waals surface area (Å²) in [6, 6.07) is 0. The van der Waals surface area contributed by atoms with Crippen LogP contribution in [0, 0.1) is 5.92 Å². The summed E-state index contributed by atoms with van der Waals surface area (Å²) in [5, 5.41) is 9.18. The maximum Gasteiger partial charge on any atom is 0.0577 e. The second-order valence-corrected chi connectivity index (χ2v) is 2.54. The van der Waals surface area contributed by atoms with Gasteiger partial charge in [0.25, 0.3) is 0 Å². The number of hydrogen-bond donors (Lipinski definition) is 1. The normalized spacial score (nSPS) is 16.2. The van der Waals surface area contributed by atoms with Gasteiger partial charge in [-0.05, 0) is 13.3 Å². The van der Waals surface area contributed by atoms with Gasteiger partial charge in [-0.25, -0.2) is 0 Å². The fraction of sp³-hybridized carbons (Fsp3) is 0.400. The van der Waals surface area contributed by atoms with Crippen molar-refractivity contribution < 1.29 is 5.11 Å². The summed E-state index contributed by atoms with van der Waals surface area (Å²) in [5.74, 6) is 0.159. The van der Waals surface area contributed by atoms with E-state index in [4.69, 9.17) is 0 Å². The maximum absolute atomic E-state index is 9.18. The van der Waals surface area contributed by atoms with Crippen LogP contribution >= 0.6 is 0 Å². The Morgan fingerprint density at radius 2 is 2.09 bits per heavy atom. The molecule has 1 N–H and O–H groups in total. The fourth-order valence-corrected chi connectivity index (χ4v) is 0.822. The second kappa shape index (κ2) is 5.93. The van der Waals surface area contributed by atoms with Crippen molar-refractivity contribution in [2.45, 2.75) is 19.4 Å². The van der Waals surface area contributed by atoms with Gasteiger partial charge in [0, 0.05) is 5.92 Å². The smallest absolute Gasteiger partial charge is 0.0577 e. The van der Waals surface area contributed by atoms with Gasteiger partial charge in [-0.1, -0.05) is 30.9 Å². The van der Waals surface area contributed by atoms with E-state index < -0.39 is 0 Å². The van der Waals surface area contributed by atoms with Crippen molar-refractivity contribution in [3.63, 3.8) is 0 Å². The summed E-state index contributed by atoms with van der Waals surface area (Å²) >= 11 is 0. The van der Waals surface area contributed by atoms with Gasteiger partial charge in [-0.2, -0.15) is 0 Å². The Kier molecular flexibility index (Phi) is 5.49. The molecule has 0 aromatic rings. The Morgan fingerprint density at radius 1 is 1.45 bits per heavy atom. The van der Waals surface area contributed by atoms with Gasteiger partial charge >= 0.3 is 0 Å². The molecule has 62 valence electrons. The van der Waals surface area contributed by atoms with Crippen molar-refractivity contribution in [3.8, 4) is 0 Å². The summed E-state index contributed by atoms with van der Waals surface area (Å²) in [6.07, 6.45) is 7.86. The molecule has 0 saturated heterocycles. The van der Waals surface area contributed by atoms with Crippen molar-refractivity contribution >= 4 is 0 Å². The van der Waals surface area contributed by atoms with E-state index in [9.17, 15) is 5.11 Å². The molecular formula is C10H16O. The molecule has 0 spiro atoms. The number of rotatable bonds is 5. The Labute approximate surface area is 68.7 Å². The lowest BCUT2D eigenvalue weighted by Crippen LogP contribution is -2.12.